The molecule has 1 aromatic carbocycles. The Morgan fingerprint density at radius 2 is 1.91 bits per heavy atom. The van der Waals surface area contributed by atoms with Gasteiger partial charge in [0.25, 0.3) is 0 Å². The van der Waals surface area contributed by atoms with E-state index >= 15 is 0 Å². The van der Waals surface area contributed by atoms with Crippen molar-refractivity contribution in [3.63, 3.8) is 0 Å². The van der Waals surface area contributed by atoms with Crippen LogP contribution >= 0.6 is 0 Å². The van der Waals surface area contributed by atoms with Crippen LogP contribution in [0.5, 0.6) is 0 Å². The molecule has 13 heteroatoms. The summed E-state index contributed by atoms with van der Waals surface area (Å²) in [5.41, 5.74) is 0.665. The van der Waals surface area contributed by atoms with E-state index in [9.17, 15) is 9.18 Å². The molecular formula is C20H24FN9O3. The number of aromatic nitrogens is 5. The van der Waals surface area contributed by atoms with Crippen molar-refractivity contribution in [2.75, 3.05) is 48.4 Å². The number of halogens is 1. The maximum Gasteiger partial charge on any atom is 0.404 e. The molecule has 12 nitrogen and oxygen atoms in total. The van der Waals surface area contributed by atoms with Crippen molar-refractivity contribution in [1.29, 1.82) is 0 Å². The lowest BCUT2D eigenvalue weighted by Crippen LogP contribution is -2.37. The van der Waals surface area contributed by atoms with Crippen LogP contribution in [0.4, 0.5) is 32.8 Å². The van der Waals surface area contributed by atoms with E-state index in [4.69, 9.17) is 9.84 Å². The molecule has 0 radical (unpaired) electrons. The third-order valence-electron chi connectivity index (χ3n) is 4.90. The van der Waals surface area contributed by atoms with Gasteiger partial charge in [-0.2, -0.15) is 15.0 Å². The molecule has 1 saturated heterocycles. The number of rotatable bonds is 8. The molecule has 0 aliphatic carbocycles. The normalized spacial score (nSPS) is 14.5. The lowest BCUT2D eigenvalue weighted by molar-refractivity contribution is 0.122. The number of imidazole rings is 1. The highest BCUT2D eigenvalue weighted by molar-refractivity contribution is 5.64. The van der Waals surface area contributed by atoms with Crippen molar-refractivity contribution in [1.82, 2.24) is 29.8 Å². The van der Waals surface area contributed by atoms with E-state index in [-0.39, 0.29) is 24.3 Å². The topological polar surface area (TPSA) is 142 Å². The molecule has 0 bridgehead atoms. The minimum absolute atomic E-state index is 0.0164. The van der Waals surface area contributed by atoms with E-state index in [0.29, 0.717) is 43.6 Å². The molecule has 3 heterocycles. The molecule has 1 atom stereocenters. The first-order valence-corrected chi connectivity index (χ1v) is 10.3. The first-order chi connectivity index (χ1) is 16.0. The molecular weight excluding hydrogens is 433 g/mol. The molecule has 0 saturated carbocycles. The predicted octanol–water partition coefficient (Wildman–Crippen LogP) is 1.75. The maximum atomic E-state index is 13.4. The predicted molar refractivity (Wildman–Crippen MR) is 118 cm³/mol. The first-order valence-electron chi connectivity index (χ1n) is 10.3. The summed E-state index contributed by atoms with van der Waals surface area (Å²) in [6.45, 7) is 2.36. The molecule has 33 heavy (non-hydrogen) atoms. The quantitative estimate of drug-likeness (QED) is 0.395. The number of ether oxygens (including phenoxy) is 1. The number of anilines is 4. The fourth-order valence-corrected chi connectivity index (χ4v) is 3.27. The maximum absolute atomic E-state index is 13.4. The van der Waals surface area contributed by atoms with E-state index in [0.717, 1.165) is 0 Å². The highest BCUT2D eigenvalue weighted by atomic mass is 19.1. The van der Waals surface area contributed by atoms with Crippen molar-refractivity contribution in [3.05, 3.63) is 48.2 Å². The molecule has 4 N–H and O–H groups in total. The summed E-state index contributed by atoms with van der Waals surface area (Å²) in [5.74, 6) is 1.12. The summed E-state index contributed by atoms with van der Waals surface area (Å²) in [5, 5.41) is 17.6. The second-order valence-corrected chi connectivity index (χ2v) is 7.37. The zero-order chi connectivity index (χ0) is 23.2. The van der Waals surface area contributed by atoms with Crippen molar-refractivity contribution in [3.8, 4) is 0 Å². The van der Waals surface area contributed by atoms with Gasteiger partial charge in [0.05, 0.1) is 25.6 Å². The third kappa shape index (κ3) is 6.04. The van der Waals surface area contributed by atoms with Crippen molar-refractivity contribution in [2.24, 2.45) is 7.05 Å². The Kier molecular flexibility index (Phi) is 6.78. The lowest BCUT2D eigenvalue weighted by Gasteiger charge is -2.27. The lowest BCUT2D eigenvalue weighted by atomic mass is 10.1. The minimum Gasteiger partial charge on any atom is -0.465 e. The van der Waals surface area contributed by atoms with Gasteiger partial charge in [0.1, 0.15) is 5.82 Å². The zero-order valence-electron chi connectivity index (χ0n) is 17.9. The summed E-state index contributed by atoms with van der Waals surface area (Å²) < 4.78 is 20.6. The van der Waals surface area contributed by atoms with Gasteiger partial charge in [-0.05, 0) is 17.7 Å². The van der Waals surface area contributed by atoms with E-state index in [2.05, 4.69) is 35.9 Å². The molecule has 174 valence electrons. The van der Waals surface area contributed by atoms with Crippen molar-refractivity contribution in [2.45, 2.75) is 6.04 Å². The second kappa shape index (κ2) is 10.1. The van der Waals surface area contributed by atoms with Crippen LogP contribution in [0.3, 0.4) is 0 Å². The standard InChI is InChI=1S/C20H24FN9O3/c1-29-11-16(23-12-29)25-18-26-17(27-19(28-18)30-6-8-33-9-7-30)24-15(10-22-20(31)32)13-2-4-14(21)5-3-13/h2-5,11-12,15,22H,6-10H2,1H3,(H,31,32)(H2,24,25,26,27,28)/t15-/m1/s1. The SMILES string of the molecule is Cn1cnc(Nc2nc(N[C@H](CNC(=O)O)c3ccc(F)cc3)nc(N3CCOCC3)n2)c1. The molecule has 0 unspecified atom stereocenters. The van der Waals surface area contributed by atoms with E-state index in [1.54, 1.807) is 29.2 Å². The van der Waals surface area contributed by atoms with Crippen LogP contribution in [-0.2, 0) is 11.8 Å². The monoisotopic (exact) mass is 457 g/mol. The van der Waals surface area contributed by atoms with Gasteiger partial charge in [-0.1, -0.05) is 12.1 Å². The van der Waals surface area contributed by atoms with Crippen LogP contribution in [-0.4, -0.2) is 68.6 Å². The average Bonchev–Trinajstić information content (AvgIpc) is 3.22. The second-order valence-electron chi connectivity index (χ2n) is 7.37. The molecule has 1 aliphatic rings. The summed E-state index contributed by atoms with van der Waals surface area (Å²) in [7, 11) is 1.85. The number of amides is 1. The first kappa shape index (κ1) is 22.2. The number of nitrogens with one attached hydrogen (secondary N) is 3. The van der Waals surface area contributed by atoms with Gasteiger partial charge in [-0.3, -0.25) is 0 Å². The van der Waals surface area contributed by atoms with Crippen LogP contribution in [0, 0.1) is 5.82 Å². The summed E-state index contributed by atoms with van der Waals surface area (Å²) in [6.07, 6.45) is 2.25. The number of aryl methyl sites for hydroxylation is 1. The summed E-state index contributed by atoms with van der Waals surface area (Å²) in [4.78, 5) is 30.8. The van der Waals surface area contributed by atoms with Crippen LogP contribution in [0.1, 0.15) is 11.6 Å². The van der Waals surface area contributed by atoms with Crippen LogP contribution in [0.25, 0.3) is 0 Å². The number of hydrogen-bond acceptors (Lipinski definition) is 9. The van der Waals surface area contributed by atoms with Crippen molar-refractivity contribution < 1.29 is 19.0 Å². The third-order valence-corrected chi connectivity index (χ3v) is 4.90. The van der Waals surface area contributed by atoms with Gasteiger partial charge in [-0.25, -0.2) is 14.2 Å². The van der Waals surface area contributed by atoms with E-state index < -0.39 is 12.1 Å². The minimum atomic E-state index is -1.17. The largest absolute Gasteiger partial charge is 0.465 e. The fraction of sp³-hybridized carbons (Fsp3) is 0.350. The number of carboxylic acid groups (broad SMARTS) is 1. The molecule has 2 aromatic heterocycles. The van der Waals surface area contributed by atoms with Gasteiger partial charge < -0.3 is 35.3 Å². The Hall–Kier alpha value is -4.00. The van der Waals surface area contributed by atoms with Crippen LogP contribution in [0.15, 0.2) is 36.8 Å². The number of morpholine rings is 1. The Morgan fingerprint density at radius 1 is 1.18 bits per heavy atom. The Labute approximate surface area is 188 Å². The molecule has 3 aromatic rings. The summed E-state index contributed by atoms with van der Waals surface area (Å²) in [6, 6.07) is 5.22. The molecule has 1 fully saturated rings. The highest BCUT2D eigenvalue weighted by Crippen LogP contribution is 2.22. The van der Waals surface area contributed by atoms with Crippen LogP contribution < -0.4 is 20.9 Å². The molecule has 4 rings (SSSR count). The number of carbonyl (C=O) groups is 1. The fourth-order valence-electron chi connectivity index (χ4n) is 3.27. The Bertz CT molecular complexity index is 1090. The van der Waals surface area contributed by atoms with E-state index in [1.165, 1.54) is 12.1 Å². The van der Waals surface area contributed by atoms with Crippen LogP contribution in [0.2, 0.25) is 0 Å². The molecule has 0 spiro atoms. The highest BCUT2D eigenvalue weighted by Gasteiger charge is 2.20. The van der Waals surface area contributed by atoms with E-state index in [1.807, 2.05) is 11.9 Å². The number of hydrogen-bond donors (Lipinski definition) is 4. The zero-order valence-corrected chi connectivity index (χ0v) is 17.9. The average molecular weight is 457 g/mol. The van der Waals surface area contributed by atoms with Gasteiger partial charge in [0, 0.05) is 32.9 Å². The smallest absolute Gasteiger partial charge is 0.404 e. The summed E-state index contributed by atoms with van der Waals surface area (Å²) >= 11 is 0. The molecule has 1 aliphatic heterocycles. The number of nitrogens with zero attached hydrogens (tertiary/aromatic N) is 6. The Balaban J connectivity index is 1.64. The van der Waals surface area contributed by atoms with Gasteiger partial charge >= 0.3 is 6.09 Å². The Morgan fingerprint density at radius 3 is 2.58 bits per heavy atom. The van der Waals surface area contributed by atoms with Gasteiger partial charge in [0.2, 0.25) is 17.8 Å². The number of benzene rings is 1. The van der Waals surface area contributed by atoms with Crippen molar-refractivity contribution >= 4 is 29.8 Å². The van der Waals surface area contributed by atoms with Gasteiger partial charge in [-0.15, -0.1) is 0 Å². The molecule has 1 amide bonds. The van der Waals surface area contributed by atoms with Gasteiger partial charge in [0.15, 0.2) is 5.82 Å².